The summed E-state index contributed by atoms with van der Waals surface area (Å²) < 4.78 is 0. The molecule has 0 aliphatic heterocycles. The number of carbonyl (C=O) groups excluding carboxylic acids is 1. The van der Waals surface area contributed by atoms with E-state index in [9.17, 15) is 9.59 Å². The second-order valence-electron chi connectivity index (χ2n) is 3.83. The van der Waals surface area contributed by atoms with Crippen LogP contribution in [0.25, 0.3) is 0 Å². The van der Waals surface area contributed by atoms with Gasteiger partial charge in [-0.1, -0.05) is 35.9 Å². The monoisotopic (exact) mass is 282 g/mol. The molecule has 1 aromatic carbocycles. The van der Waals surface area contributed by atoms with Crippen molar-refractivity contribution in [3.05, 3.63) is 47.5 Å². The molecule has 0 heterocycles. The van der Waals surface area contributed by atoms with Crippen LogP contribution in [0.3, 0.4) is 0 Å². The highest BCUT2D eigenvalue weighted by Gasteiger charge is 2.17. The van der Waals surface area contributed by atoms with Crippen molar-refractivity contribution in [1.82, 2.24) is 10.6 Å². The Hall–Kier alpha value is -2.01. The van der Waals surface area contributed by atoms with Gasteiger partial charge in [-0.3, -0.25) is 0 Å². The van der Waals surface area contributed by atoms with Crippen LogP contribution in [0.1, 0.15) is 12.0 Å². The maximum Gasteiger partial charge on any atom is 0.326 e. The number of carbonyl (C=O) groups is 2. The van der Waals surface area contributed by atoms with Crippen molar-refractivity contribution in [1.29, 1.82) is 0 Å². The minimum Gasteiger partial charge on any atom is -0.480 e. The molecule has 0 fully saturated rings. The number of hydrogen-bond donors (Lipinski definition) is 3. The quantitative estimate of drug-likeness (QED) is 0.700. The van der Waals surface area contributed by atoms with Gasteiger partial charge in [0.15, 0.2) is 0 Å². The highest BCUT2D eigenvalue weighted by atomic mass is 35.5. The van der Waals surface area contributed by atoms with Crippen LogP contribution in [0.2, 0.25) is 5.02 Å². The van der Waals surface area contributed by atoms with Crippen LogP contribution >= 0.6 is 11.6 Å². The summed E-state index contributed by atoms with van der Waals surface area (Å²) in [5, 5.41) is 14.3. The molecule has 0 saturated carbocycles. The first kappa shape index (κ1) is 15.0. The van der Waals surface area contributed by atoms with E-state index in [0.29, 0.717) is 5.02 Å². The van der Waals surface area contributed by atoms with Crippen LogP contribution in [-0.2, 0) is 11.3 Å². The van der Waals surface area contributed by atoms with E-state index >= 15 is 0 Å². The van der Waals surface area contributed by atoms with Gasteiger partial charge in [0.25, 0.3) is 0 Å². The summed E-state index contributed by atoms with van der Waals surface area (Å²) in [5.41, 5.74) is 0.759. The van der Waals surface area contributed by atoms with Crippen LogP contribution in [0.15, 0.2) is 36.9 Å². The molecule has 19 heavy (non-hydrogen) atoms. The molecule has 0 saturated heterocycles. The Balaban J connectivity index is 2.49. The van der Waals surface area contributed by atoms with Crippen molar-refractivity contribution in [2.75, 3.05) is 0 Å². The zero-order valence-corrected chi connectivity index (χ0v) is 11.0. The molecule has 0 bridgehead atoms. The van der Waals surface area contributed by atoms with Crippen molar-refractivity contribution in [2.24, 2.45) is 0 Å². The van der Waals surface area contributed by atoms with E-state index in [1.54, 1.807) is 24.3 Å². The molecule has 1 rings (SSSR count). The van der Waals surface area contributed by atoms with E-state index in [4.69, 9.17) is 16.7 Å². The van der Waals surface area contributed by atoms with Gasteiger partial charge in [-0.2, -0.15) is 0 Å². The van der Waals surface area contributed by atoms with Gasteiger partial charge in [0, 0.05) is 11.6 Å². The average molecular weight is 283 g/mol. The third kappa shape index (κ3) is 5.01. The number of benzene rings is 1. The van der Waals surface area contributed by atoms with Gasteiger partial charge in [-0.25, -0.2) is 9.59 Å². The normalized spacial score (nSPS) is 11.4. The van der Waals surface area contributed by atoms with Gasteiger partial charge in [-0.15, -0.1) is 6.58 Å². The van der Waals surface area contributed by atoms with Crippen LogP contribution in [0, 0.1) is 0 Å². The maximum atomic E-state index is 11.6. The van der Waals surface area contributed by atoms with Gasteiger partial charge in [0.2, 0.25) is 0 Å². The van der Waals surface area contributed by atoms with Crippen molar-refractivity contribution < 1.29 is 14.7 Å². The first-order chi connectivity index (χ1) is 9.04. The number of aliphatic carboxylic acids is 1. The lowest BCUT2D eigenvalue weighted by molar-refractivity contribution is -0.139. The fraction of sp³-hybridized carbons (Fsp3) is 0.231. The minimum absolute atomic E-state index is 0.162. The van der Waals surface area contributed by atoms with E-state index < -0.39 is 18.0 Å². The summed E-state index contributed by atoms with van der Waals surface area (Å²) in [6, 6.07) is 5.54. The van der Waals surface area contributed by atoms with E-state index in [1.165, 1.54) is 6.08 Å². The number of carboxylic acids is 1. The van der Waals surface area contributed by atoms with Crippen molar-refractivity contribution in [2.45, 2.75) is 19.0 Å². The average Bonchev–Trinajstić information content (AvgIpc) is 2.37. The summed E-state index contributed by atoms with van der Waals surface area (Å²) in [7, 11) is 0. The molecule has 0 spiro atoms. The summed E-state index contributed by atoms with van der Waals surface area (Å²) in [5.74, 6) is -1.10. The molecule has 0 radical (unpaired) electrons. The van der Waals surface area contributed by atoms with Gasteiger partial charge < -0.3 is 15.7 Å². The molecular weight excluding hydrogens is 268 g/mol. The number of amides is 2. The molecule has 0 aliphatic rings. The number of nitrogens with one attached hydrogen (secondary N) is 2. The molecule has 1 atom stereocenters. The highest BCUT2D eigenvalue weighted by molar-refractivity contribution is 6.31. The summed E-state index contributed by atoms with van der Waals surface area (Å²) >= 11 is 5.93. The third-order valence-corrected chi connectivity index (χ3v) is 2.77. The van der Waals surface area contributed by atoms with Gasteiger partial charge >= 0.3 is 12.0 Å². The summed E-state index contributed by atoms with van der Waals surface area (Å²) in [6.07, 6.45) is 1.60. The topological polar surface area (TPSA) is 78.4 Å². The molecule has 1 unspecified atom stereocenters. The first-order valence-electron chi connectivity index (χ1n) is 5.66. The van der Waals surface area contributed by atoms with E-state index in [-0.39, 0.29) is 13.0 Å². The zero-order chi connectivity index (χ0) is 14.3. The molecular formula is C13H15ClN2O3. The van der Waals surface area contributed by atoms with E-state index in [1.807, 2.05) is 0 Å². The Labute approximate surface area is 116 Å². The summed E-state index contributed by atoms with van der Waals surface area (Å²) in [4.78, 5) is 22.4. The Morgan fingerprint density at radius 2 is 2.11 bits per heavy atom. The first-order valence-corrected chi connectivity index (χ1v) is 6.04. The predicted octanol–water partition coefficient (Wildman–Crippen LogP) is 2.17. The van der Waals surface area contributed by atoms with Crippen molar-refractivity contribution >= 4 is 23.6 Å². The minimum atomic E-state index is -1.10. The molecule has 5 nitrogen and oxygen atoms in total. The van der Waals surface area contributed by atoms with Crippen LogP contribution in [0.5, 0.6) is 0 Å². The van der Waals surface area contributed by atoms with Gasteiger partial charge in [0.1, 0.15) is 6.04 Å². The van der Waals surface area contributed by atoms with Crippen LogP contribution in [-0.4, -0.2) is 23.1 Å². The number of hydrogen-bond acceptors (Lipinski definition) is 2. The fourth-order valence-corrected chi connectivity index (χ4v) is 1.62. The van der Waals surface area contributed by atoms with E-state index in [2.05, 4.69) is 17.2 Å². The molecule has 6 heteroatoms. The highest BCUT2D eigenvalue weighted by Crippen LogP contribution is 2.14. The number of carboxylic acid groups (broad SMARTS) is 1. The molecule has 3 N–H and O–H groups in total. The number of halogens is 1. The molecule has 2 amide bonds. The fourth-order valence-electron chi connectivity index (χ4n) is 1.41. The zero-order valence-electron chi connectivity index (χ0n) is 10.2. The SMILES string of the molecule is C=CCC(NC(=O)NCc1ccccc1Cl)C(=O)O. The van der Waals surface area contributed by atoms with Gasteiger partial charge in [-0.05, 0) is 18.1 Å². The van der Waals surface area contributed by atoms with Crippen molar-refractivity contribution in [3.8, 4) is 0 Å². The lowest BCUT2D eigenvalue weighted by Gasteiger charge is -2.13. The van der Waals surface area contributed by atoms with Crippen molar-refractivity contribution in [3.63, 3.8) is 0 Å². The Morgan fingerprint density at radius 1 is 1.42 bits per heavy atom. The lowest BCUT2D eigenvalue weighted by Crippen LogP contribution is -2.45. The smallest absolute Gasteiger partial charge is 0.326 e. The predicted molar refractivity (Wildman–Crippen MR) is 73.1 cm³/mol. The number of rotatable bonds is 6. The Morgan fingerprint density at radius 3 is 2.68 bits per heavy atom. The third-order valence-electron chi connectivity index (χ3n) is 2.40. The molecule has 1 aromatic rings. The lowest BCUT2D eigenvalue weighted by atomic mass is 10.2. The second kappa shape index (κ2) is 7.43. The number of urea groups is 1. The Bertz CT molecular complexity index is 477. The van der Waals surface area contributed by atoms with E-state index in [0.717, 1.165) is 5.56 Å². The largest absolute Gasteiger partial charge is 0.480 e. The summed E-state index contributed by atoms with van der Waals surface area (Å²) in [6.45, 7) is 3.67. The maximum absolute atomic E-state index is 11.6. The standard InChI is InChI=1S/C13H15ClN2O3/c1-2-5-11(12(17)18)16-13(19)15-8-9-6-3-4-7-10(9)14/h2-4,6-7,11H,1,5,8H2,(H,17,18)(H2,15,16,19). The van der Waals surface area contributed by atoms with Crippen LogP contribution in [0.4, 0.5) is 4.79 Å². The second-order valence-corrected chi connectivity index (χ2v) is 4.24. The molecule has 0 aliphatic carbocycles. The molecule has 102 valence electrons. The molecule has 0 aromatic heterocycles. The van der Waals surface area contributed by atoms with Gasteiger partial charge in [0.05, 0.1) is 0 Å². The van der Waals surface area contributed by atoms with Crippen LogP contribution < -0.4 is 10.6 Å². The Kier molecular flexibility index (Phi) is 5.89.